The maximum absolute atomic E-state index is 12.1. The van der Waals surface area contributed by atoms with Gasteiger partial charge >= 0.3 is 5.97 Å². The predicted molar refractivity (Wildman–Crippen MR) is 107 cm³/mol. The number of carboxylic acid groups (broad SMARTS) is 1. The Morgan fingerprint density at radius 1 is 1.00 bits per heavy atom. The molecule has 0 saturated carbocycles. The smallest absolute Gasteiger partial charge is 0.321 e. The van der Waals surface area contributed by atoms with Crippen molar-refractivity contribution in [3.8, 4) is 11.5 Å². The van der Waals surface area contributed by atoms with E-state index in [0.29, 0.717) is 30.3 Å². The minimum Gasteiger partial charge on any atom is -0.497 e. The van der Waals surface area contributed by atoms with E-state index in [-0.39, 0.29) is 12.3 Å². The Morgan fingerprint density at radius 3 is 2.36 bits per heavy atom. The highest BCUT2D eigenvalue weighted by Crippen LogP contribution is 2.22. The van der Waals surface area contributed by atoms with Gasteiger partial charge in [0, 0.05) is 18.8 Å². The van der Waals surface area contributed by atoms with Crippen LogP contribution in [0.15, 0.2) is 48.5 Å². The Morgan fingerprint density at radius 2 is 1.71 bits per heavy atom. The third kappa shape index (κ3) is 6.48. The van der Waals surface area contributed by atoms with E-state index in [4.69, 9.17) is 9.47 Å². The summed E-state index contributed by atoms with van der Waals surface area (Å²) in [5.74, 6) is -0.0910. The second-order valence-electron chi connectivity index (χ2n) is 5.95. The molecule has 0 aliphatic carbocycles. The van der Waals surface area contributed by atoms with E-state index >= 15 is 0 Å². The second kappa shape index (κ2) is 10.8. The fourth-order valence-corrected chi connectivity index (χ4v) is 2.55. The Labute approximate surface area is 163 Å². The molecule has 0 aliphatic heterocycles. The highest BCUT2D eigenvalue weighted by atomic mass is 16.5. The average Bonchev–Trinajstić information content (AvgIpc) is 2.70. The second-order valence-corrected chi connectivity index (χ2v) is 5.95. The van der Waals surface area contributed by atoms with Crippen LogP contribution in [0.1, 0.15) is 6.42 Å². The SMILES string of the molecule is COc1ccc(NC(=O)CC(NCCNc2ccccc2OC)C(=O)O)cc1. The summed E-state index contributed by atoms with van der Waals surface area (Å²) in [5.41, 5.74) is 1.39. The van der Waals surface area contributed by atoms with Crippen molar-refractivity contribution in [3.63, 3.8) is 0 Å². The molecule has 0 radical (unpaired) electrons. The van der Waals surface area contributed by atoms with E-state index in [2.05, 4.69) is 16.0 Å². The van der Waals surface area contributed by atoms with Crippen LogP contribution in [-0.4, -0.2) is 50.3 Å². The van der Waals surface area contributed by atoms with Crippen LogP contribution < -0.4 is 25.4 Å². The molecule has 2 aromatic carbocycles. The lowest BCUT2D eigenvalue weighted by atomic mass is 10.2. The highest BCUT2D eigenvalue weighted by molar-refractivity contribution is 5.94. The summed E-state index contributed by atoms with van der Waals surface area (Å²) in [7, 11) is 3.14. The van der Waals surface area contributed by atoms with E-state index < -0.39 is 12.0 Å². The maximum Gasteiger partial charge on any atom is 0.321 e. The fraction of sp³-hybridized carbons (Fsp3) is 0.300. The largest absolute Gasteiger partial charge is 0.497 e. The van der Waals surface area contributed by atoms with E-state index in [1.54, 1.807) is 38.5 Å². The zero-order valence-electron chi connectivity index (χ0n) is 15.9. The van der Waals surface area contributed by atoms with Gasteiger partial charge in [0.05, 0.1) is 26.3 Å². The van der Waals surface area contributed by atoms with E-state index in [9.17, 15) is 14.7 Å². The van der Waals surface area contributed by atoms with Crippen molar-refractivity contribution in [1.82, 2.24) is 5.32 Å². The highest BCUT2D eigenvalue weighted by Gasteiger charge is 2.20. The van der Waals surface area contributed by atoms with Gasteiger partial charge in [-0.3, -0.25) is 9.59 Å². The third-order valence-corrected chi connectivity index (χ3v) is 4.00. The molecule has 150 valence electrons. The Bertz CT molecular complexity index is 780. The number of carbonyl (C=O) groups is 2. The van der Waals surface area contributed by atoms with Crippen LogP contribution in [0.2, 0.25) is 0 Å². The van der Waals surface area contributed by atoms with E-state index in [1.807, 2.05) is 24.3 Å². The van der Waals surface area contributed by atoms with Crippen LogP contribution in [0.5, 0.6) is 11.5 Å². The van der Waals surface area contributed by atoms with Gasteiger partial charge in [-0.2, -0.15) is 0 Å². The average molecular weight is 387 g/mol. The Kier molecular flexibility index (Phi) is 8.11. The number of benzene rings is 2. The fourth-order valence-electron chi connectivity index (χ4n) is 2.55. The van der Waals surface area contributed by atoms with Gasteiger partial charge in [-0.05, 0) is 36.4 Å². The molecule has 1 amide bonds. The molecular weight excluding hydrogens is 362 g/mol. The summed E-state index contributed by atoms with van der Waals surface area (Å²) in [6, 6.07) is 13.3. The first-order valence-electron chi connectivity index (χ1n) is 8.80. The van der Waals surface area contributed by atoms with Crippen molar-refractivity contribution in [1.29, 1.82) is 0 Å². The van der Waals surface area contributed by atoms with Crippen molar-refractivity contribution in [2.24, 2.45) is 0 Å². The molecule has 2 aromatic rings. The first kappa shape index (κ1) is 21.0. The number of hydrogen-bond acceptors (Lipinski definition) is 6. The lowest BCUT2D eigenvalue weighted by Crippen LogP contribution is -2.41. The van der Waals surface area contributed by atoms with E-state index in [0.717, 1.165) is 5.69 Å². The van der Waals surface area contributed by atoms with Crippen molar-refractivity contribution < 1.29 is 24.2 Å². The molecule has 1 unspecified atom stereocenters. The van der Waals surface area contributed by atoms with Crippen molar-refractivity contribution >= 4 is 23.3 Å². The standard InChI is InChI=1S/C20H25N3O5/c1-27-15-9-7-14(8-10-15)23-19(24)13-17(20(25)26)22-12-11-21-16-5-3-4-6-18(16)28-2/h3-10,17,21-22H,11-13H2,1-2H3,(H,23,24)(H,25,26). The first-order chi connectivity index (χ1) is 13.5. The molecule has 8 nitrogen and oxygen atoms in total. The molecule has 0 saturated heterocycles. The molecule has 0 spiro atoms. The van der Waals surface area contributed by atoms with Gasteiger partial charge in [0.2, 0.25) is 5.91 Å². The summed E-state index contributed by atoms with van der Waals surface area (Å²) in [4.78, 5) is 23.6. The van der Waals surface area contributed by atoms with Gasteiger partial charge in [-0.15, -0.1) is 0 Å². The number of aliphatic carboxylic acids is 1. The zero-order valence-corrected chi connectivity index (χ0v) is 15.9. The summed E-state index contributed by atoms with van der Waals surface area (Å²) in [5, 5.41) is 18.1. The van der Waals surface area contributed by atoms with Gasteiger partial charge in [0.25, 0.3) is 0 Å². The van der Waals surface area contributed by atoms with Crippen molar-refractivity contribution in [3.05, 3.63) is 48.5 Å². The lowest BCUT2D eigenvalue weighted by Gasteiger charge is -2.16. The lowest BCUT2D eigenvalue weighted by molar-refractivity contribution is -0.141. The van der Waals surface area contributed by atoms with Gasteiger partial charge in [0.15, 0.2) is 0 Å². The summed E-state index contributed by atoms with van der Waals surface area (Å²) in [6.45, 7) is 0.842. The molecule has 0 aliphatic rings. The Hall–Kier alpha value is -3.26. The van der Waals surface area contributed by atoms with Gasteiger partial charge in [-0.1, -0.05) is 12.1 Å². The maximum atomic E-state index is 12.1. The molecule has 0 bridgehead atoms. The number of carbonyl (C=O) groups excluding carboxylic acids is 1. The van der Waals surface area contributed by atoms with Gasteiger partial charge in [-0.25, -0.2) is 0 Å². The molecule has 0 aromatic heterocycles. The Balaban J connectivity index is 1.80. The van der Waals surface area contributed by atoms with Crippen LogP contribution >= 0.6 is 0 Å². The number of anilines is 2. The van der Waals surface area contributed by atoms with Crippen molar-refractivity contribution in [2.45, 2.75) is 12.5 Å². The number of carboxylic acids is 1. The number of rotatable bonds is 11. The number of hydrogen-bond donors (Lipinski definition) is 4. The number of amides is 1. The quantitative estimate of drug-likeness (QED) is 0.438. The summed E-state index contributed by atoms with van der Waals surface area (Å²) < 4.78 is 10.3. The van der Waals surface area contributed by atoms with Gasteiger partial charge < -0.3 is 30.5 Å². The minimum atomic E-state index is -1.08. The molecular formula is C20H25N3O5. The van der Waals surface area contributed by atoms with Crippen LogP contribution in [-0.2, 0) is 9.59 Å². The third-order valence-electron chi connectivity index (χ3n) is 4.00. The molecule has 0 fully saturated rings. The van der Waals surface area contributed by atoms with Crippen LogP contribution in [0.3, 0.4) is 0 Å². The van der Waals surface area contributed by atoms with Crippen LogP contribution in [0, 0.1) is 0 Å². The molecule has 0 heterocycles. The zero-order chi connectivity index (χ0) is 20.4. The number of ether oxygens (including phenoxy) is 2. The number of nitrogens with one attached hydrogen (secondary N) is 3. The molecule has 28 heavy (non-hydrogen) atoms. The monoisotopic (exact) mass is 387 g/mol. The normalized spacial score (nSPS) is 11.4. The van der Waals surface area contributed by atoms with Crippen LogP contribution in [0.4, 0.5) is 11.4 Å². The minimum absolute atomic E-state index is 0.185. The number of methoxy groups -OCH3 is 2. The molecule has 4 N–H and O–H groups in total. The van der Waals surface area contributed by atoms with E-state index in [1.165, 1.54) is 0 Å². The topological polar surface area (TPSA) is 109 Å². The molecule has 1 atom stereocenters. The molecule has 8 heteroatoms. The summed E-state index contributed by atoms with van der Waals surface area (Å²) in [6.07, 6.45) is -0.185. The first-order valence-corrected chi connectivity index (χ1v) is 8.80. The predicted octanol–water partition coefficient (Wildman–Crippen LogP) is 2.19. The van der Waals surface area contributed by atoms with Crippen LogP contribution in [0.25, 0.3) is 0 Å². The molecule has 2 rings (SSSR count). The van der Waals surface area contributed by atoms with Gasteiger partial charge in [0.1, 0.15) is 17.5 Å². The summed E-state index contributed by atoms with van der Waals surface area (Å²) >= 11 is 0. The number of para-hydroxylation sites is 2. The van der Waals surface area contributed by atoms with Crippen molar-refractivity contribution in [2.75, 3.05) is 37.9 Å².